The second kappa shape index (κ2) is 10.1. The summed E-state index contributed by atoms with van der Waals surface area (Å²) in [5, 5.41) is 2.80. The SMILES string of the molecule is COc1ccccc1CN1CCC(CN(CC(C)C)C(=O)[C@@H]2CNC(=O)C2)CC1. The zero-order valence-electron chi connectivity index (χ0n) is 18.0. The first-order valence-electron chi connectivity index (χ1n) is 10.9. The Hall–Kier alpha value is -2.08. The minimum absolute atomic E-state index is 0.00232. The number of rotatable bonds is 8. The predicted octanol–water partition coefficient (Wildman–Crippen LogP) is 2.53. The number of nitrogens with zero attached hydrogens (tertiary/aromatic N) is 2. The van der Waals surface area contributed by atoms with Crippen LogP contribution in [0.3, 0.4) is 0 Å². The standard InChI is InChI=1S/C23H35N3O3/c1-17(2)14-26(23(28)20-12-22(27)24-13-20)15-18-8-10-25(11-9-18)16-19-6-4-5-7-21(19)29-3/h4-7,17-18,20H,8-16H2,1-3H3,(H,24,27)/t20-/m0/s1. The molecule has 3 rings (SSSR count). The summed E-state index contributed by atoms with van der Waals surface area (Å²) in [5.41, 5.74) is 1.23. The largest absolute Gasteiger partial charge is 0.496 e. The fraction of sp³-hybridized carbons (Fsp3) is 0.652. The quantitative estimate of drug-likeness (QED) is 0.727. The molecule has 0 unspecified atom stereocenters. The number of carbonyl (C=O) groups excluding carboxylic acids is 2. The Bertz CT molecular complexity index is 698. The van der Waals surface area contributed by atoms with Gasteiger partial charge in [-0.3, -0.25) is 14.5 Å². The van der Waals surface area contributed by atoms with Crippen LogP contribution in [0, 0.1) is 17.8 Å². The molecule has 0 aromatic heterocycles. The second-order valence-electron chi connectivity index (χ2n) is 8.87. The van der Waals surface area contributed by atoms with Gasteiger partial charge in [-0.1, -0.05) is 32.0 Å². The van der Waals surface area contributed by atoms with Gasteiger partial charge in [-0.25, -0.2) is 0 Å². The van der Waals surface area contributed by atoms with Gasteiger partial charge in [-0.05, 0) is 43.8 Å². The third-order valence-corrected chi connectivity index (χ3v) is 6.00. The van der Waals surface area contributed by atoms with E-state index in [1.54, 1.807) is 7.11 Å². The highest BCUT2D eigenvalue weighted by Crippen LogP contribution is 2.25. The molecule has 1 aromatic carbocycles. The summed E-state index contributed by atoms with van der Waals surface area (Å²) in [4.78, 5) is 29.0. The summed E-state index contributed by atoms with van der Waals surface area (Å²) in [6, 6.07) is 8.20. The Labute approximate surface area is 174 Å². The van der Waals surface area contributed by atoms with Crippen molar-refractivity contribution in [2.75, 3.05) is 39.8 Å². The van der Waals surface area contributed by atoms with Crippen molar-refractivity contribution >= 4 is 11.8 Å². The summed E-state index contributed by atoms with van der Waals surface area (Å²) in [6.07, 6.45) is 2.53. The molecule has 0 radical (unpaired) electrons. The average Bonchev–Trinajstić information content (AvgIpc) is 3.15. The molecule has 160 valence electrons. The Morgan fingerprint density at radius 1 is 1.28 bits per heavy atom. The van der Waals surface area contributed by atoms with Crippen molar-refractivity contribution in [3.63, 3.8) is 0 Å². The van der Waals surface area contributed by atoms with Gasteiger partial charge in [-0.15, -0.1) is 0 Å². The minimum atomic E-state index is -0.188. The lowest BCUT2D eigenvalue weighted by Gasteiger charge is -2.36. The highest BCUT2D eigenvalue weighted by molar-refractivity contribution is 5.89. The van der Waals surface area contributed by atoms with E-state index in [1.807, 2.05) is 17.0 Å². The molecule has 2 heterocycles. The van der Waals surface area contributed by atoms with Crippen LogP contribution < -0.4 is 10.1 Å². The molecule has 0 saturated carbocycles. The highest BCUT2D eigenvalue weighted by atomic mass is 16.5. The Morgan fingerprint density at radius 2 is 2.00 bits per heavy atom. The summed E-state index contributed by atoms with van der Waals surface area (Å²) in [5.74, 6) is 1.85. The van der Waals surface area contributed by atoms with E-state index in [0.29, 0.717) is 24.8 Å². The molecule has 29 heavy (non-hydrogen) atoms. The van der Waals surface area contributed by atoms with Crippen LogP contribution in [0.2, 0.25) is 0 Å². The lowest BCUT2D eigenvalue weighted by molar-refractivity contribution is -0.137. The van der Waals surface area contributed by atoms with Crippen LogP contribution in [-0.4, -0.2) is 61.4 Å². The highest BCUT2D eigenvalue weighted by Gasteiger charge is 2.33. The fourth-order valence-corrected chi connectivity index (χ4v) is 4.45. The molecule has 1 aromatic rings. The topological polar surface area (TPSA) is 61.9 Å². The van der Waals surface area contributed by atoms with Crippen LogP contribution >= 0.6 is 0 Å². The van der Waals surface area contributed by atoms with E-state index in [0.717, 1.165) is 51.3 Å². The van der Waals surface area contributed by atoms with Crippen molar-refractivity contribution in [1.82, 2.24) is 15.1 Å². The maximum absolute atomic E-state index is 13.0. The number of amides is 2. The third kappa shape index (κ3) is 5.95. The zero-order valence-corrected chi connectivity index (χ0v) is 18.0. The van der Waals surface area contributed by atoms with Crippen molar-refractivity contribution in [2.45, 2.75) is 39.7 Å². The lowest BCUT2D eigenvalue weighted by atomic mass is 9.94. The molecule has 2 aliphatic rings. The maximum Gasteiger partial charge on any atom is 0.228 e. The molecule has 1 N–H and O–H groups in total. The number of para-hydroxylation sites is 1. The lowest BCUT2D eigenvalue weighted by Crippen LogP contribution is -2.44. The Morgan fingerprint density at radius 3 is 2.62 bits per heavy atom. The summed E-state index contributed by atoms with van der Waals surface area (Å²) >= 11 is 0. The first-order chi connectivity index (χ1) is 14.0. The Balaban J connectivity index is 1.53. The number of likely N-dealkylation sites (tertiary alicyclic amines) is 1. The zero-order chi connectivity index (χ0) is 20.8. The average molecular weight is 402 g/mol. The summed E-state index contributed by atoms with van der Waals surface area (Å²) in [6.45, 7) is 9.34. The molecule has 2 amide bonds. The molecule has 0 aliphatic carbocycles. The summed E-state index contributed by atoms with van der Waals surface area (Å²) < 4.78 is 5.48. The molecule has 2 saturated heterocycles. The maximum atomic E-state index is 13.0. The molecular formula is C23H35N3O3. The van der Waals surface area contributed by atoms with Gasteiger partial charge in [0.25, 0.3) is 0 Å². The van der Waals surface area contributed by atoms with Crippen molar-refractivity contribution in [1.29, 1.82) is 0 Å². The van der Waals surface area contributed by atoms with Crippen LogP contribution in [0.4, 0.5) is 0 Å². The number of carbonyl (C=O) groups is 2. The predicted molar refractivity (Wildman–Crippen MR) is 114 cm³/mol. The van der Waals surface area contributed by atoms with Crippen molar-refractivity contribution in [3.8, 4) is 5.75 Å². The third-order valence-electron chi connectivity index (χ3n) is 6.00. The normalized spacial score (nSPS) is 20.7. The van der Waals surface area contributed by atoms with Gasteiger partial charge in [0.05, 0.1) is 13.0 Å². The van der Waals surface area contributed by atoms with E-state index in [-0.39, 0.29) is 17.7 Å². The van der Waals surface area contributed by atoms with E-state index in [2.05, 4.69) is 36.2 Å². The van der Waals surface area contributed by atoms with E-state index >= 15 is 0 Å². The fourth-order valence-electron chi connectivity index (χ4n) is 4.45. The number of benzene rings is 1. The second-order valence-corrected chi connectivity index (χ2v) is 8.87. The number of methoxy groups -OCH3 is 1. The molecule has 2 fully saturated rings. The van der Waals surface area contributed by atoms with Gasteiger partial charge in [-0.2, -0.15) is 0 Å². The molecular weight excluding hydrogens is 366 g/mol. The van der Waals surface area contributed by atoms with Crippen molar-refractivity contribution in [3.05, 3.63) is 29.8 Å². The minimum Gasteiger partial charge on any atom is -0.496 e. The van der Waals surface area contributed by atoms with Crippen LogP contribution in [-0.2, 0) is 16.1 Å². The van der Waals surface area contributed by atoms with E-state index in [4.69, 9.17) is 4.74 Å². The van der Waals surface area contributed by atoms with Crippen LogP contribution in [0.5, 0.6) is 5.75 Å². The molecule has 0 spiro atoms. The molecule has 6 heteroatoms. The van der Waals surface area contributed by atoms with E-state index < -0.39 is 0 Å². The molecule has 2 aliphatic heterocycles. The number of nitrogens with one attached hydrogen (secondary N) is 1. The smallest absolute Gasteiger partial charge is 0.228 e. The molecule has 6 nitrogen and oxygen atoms in total. The van der Waals surface area contributed by atoms with Gasteiger partial charge in [0.2, 0.25) is 11.8 Å². The number of piperidine rings is 1. The van der Waals surface area contributed by atoms with Crippen LogP contribution in [0.15, 0.2) is 24.3 Å². The van der Waals surface area contributed by atoms with Gasteiger partial charge in [0.15, 0.2) is 0 Å². The number of hydrogen-bond donors (Lipinski definition) is 1. The number of hydrogen-bond acceptors (Lipinski definition) is 4. The van der Waals surface area contributed by atoms with Gasteiger partial charge < -0.3 is 15.0 Å². The number of ether oxygens (including phenoxy) is 1. The van der Waals surface area contributed by atoms with E-state index in [9.17, 15) is 9.59 Å². The van der Waals surface area contributed by atoms with Gasteiger partial charge in [0, 0.05) is 38.2 Å². The summed E-state index contributed by atoms with van der Waals surface area (Å²) in [7, 11) is 1.72. The van der Waals surface area contributed by atoms with Gasteiger partial charge in [0.1, 0.15) is 5.75 Å². The molecule has 0 bridgehead atoms. The Kier molecular flexibility index (Phi) is 7.53. The van der Waals surface area contributed by atoms with Crippen molar-refractivity contribution in [2.24, 2.45) is 17.8 Å². The van der Waals surface area contributed by atoms with E-state index in [1.165, 1.54) is 5.56 Å². The first kappa shape index (κ1) is 21.6. The molecule has 1 atom stereocenters. The van der Waals surface area contributed by atoms with Gasteiger partial charge >= 0.3 is 0 Å². The van der Waals surface area contributed by atoms with Crippen molar-refractivity contribution < 1.29 is 14.3 Å². The monoisotopic (exact) mass is 401 g/mol. The van der Waals surface area contributed by atoms with Crippen LogP contribution in [0.25, 0.3) is 0 Å². The first-order valence-corrected chi connectivity index (χ1v) is 10.9. The van der Waals surface area contributed by atoms with Crippen LogP contribution in [0.1, 0.15) is 38.7 Å².